The normalized spacial score (nSPS) is 19.4. The summed E-state index contributed by atoms with van der Waals surface area (Å²) in [5.41, 5.74) is 1.21. The summed E-state index contributed by atoms with van der Waals surface area (Å²) in [5.74, 6) is -2.43. The zero-order valence-electron chi connectivity index (χ0n) is 21.7. The first-order valence-corrected chi connectivity index (χ1v) is 13.6. The molecule has 0 aliphatic carbocycles. The molecule has 0 radical (unpaired) electrons. The van der Waals surface area contributed by atoms with Crippen LogP contribution in [-0.2, 0) is 9.59 Å². The second-order valence-corrected chi connectivity index (χ2v) is 10.8. The highest BCUT2D eigenvalue weighted by atomic mass is 35.5. The number of nitrogens with zero attached hydrogens (tertiary/aromatic N) is 2. The smallest absolute Gasteiger partial charge is 0.409 e. The first-order valence-electron chi connectivity index (χ1n) is 12.9. The van der Waals surface area contributed by atoms with Gasteiger partial charge in [0.1, 0.15) is 22.5 Å². The summed E-state index contributed by atoms with van der Waals surface area (Å²) >= 11 is 12.4. The van der Waals surface area contributed by atoms with Crippen molar-refractivity contribution in [3.63, 3.8) is 0 Å². The highest BCUT2D eigenvalue weighted by Crippen LogP contribution is 2.39. The standard InChI is InChI=1S/C28H25Cl2F2N5O4/c1-13-3-2-4-20(37-10-9-14(11-21(37)38)22-18(31)8-7-17(29)23(22)32)26-35-24(25(30)36-26)16-6-5-15(33-28(40)41)12-19(16)34-27(13)39/h5-8,11-13,20,33H,2-4,9-10H2,1H3,(H,34,39)(H,35,36)(H,40,41)/t13-,20+/m1/s1. The van der Waals surface area contributed by atoms with Crippen LogP contribution in [-0.4, -0.2) is 44.4 Å². The number of carbonyl (C=O) groups is 3. The Bertz CT molecular complexity index is 1590. The summed E-state index contributed by atoms with van der Waals surface area (Å²) in [4.78, 5) is 46.9. The number of benzene rings is 2. The summed E-state index contributed by atoms with van der Waals surface area (Å²) in [6.45, 7) is 1.94. The number of carbonyl (C=O) groups excluding carboxylic acids is 2. The molecule has 0 saturated heterocycles. The molecule has 214 valence electrons. The van der Waals surface area contributed by atoms with Gasteiger partial charge in [-0.15, -0.1) is 0 Å². The van der Waals surface area contributed by atoms with Crippen LogP contribution in [0.25, 0.3) is 16.8 Å². The number of fused-ring (bicyclic) bond motifs is 4. The molecule has 3 heterocycles. The topological polar surface area (TPSA) is 127 Å². The SMILES string of the molecule is C[C@@H]1CCC[C@H](N2CCC(c3c(F)ccc(Cl)c3F)=CC2=O)c2nc(c(Cl)[nH]2)-c2ccc(NC(=O)O)cc2NC1=O. The molecule has 0 fully saturated rings. The number of aromatic nitrogens is 2. The lowest BCUT2D eigenvalue weighted by atomic mass is 9.95. The maximum Gasteiger partial charge on any atom is 0.409 e. The molecule has 2 atom stereocenters. The third-order valence-electron chi connectivity index (χ3n) is 7.28. The summed E-state index contributed by atoms with van der Waals surface area (Å²) in [7, 11) is 0. The number of H-pyrrole nitrogens is 1. The molecule has 9 nitrogen and oxygen atoms in total. The first kappa shape index (κ1) is 28.6. The van der Waals surface area contributed by atoms with Crippen molar-refractivity contribution in [3.8, 4) is 11.3 Å². The molecule has 41 heavy (non-hydrogen) atoms. The largest absolute Gasteiger partial charge is 0.465 e. The van der Waals surface area contributed by atoms with Crippen LogP contribution in [0.5, 0.6) is 0 Å². The summed E-state index contributed by atoms with van der Waals surface area (Å²) < 4.78 is 29.2. The van der Waals surface area contributed by atoms with Crippen LogP contribution in [0.15, 0.2) is 36.4 Å². The number of amides is 3. The molecule has 0 unspecified atom stereocenters. The molecule has 2 aromatic carbocycles. The molecule has 3 amide bonds. The van der Waals surface area contributed by atoms with Gasteiger partial charge in [-0.1, -0.05) is 36.5 Å². The number of nitrogens with one attached hydrogen (secondary N) is 3. The van der Waals surface area contributed by atoms with Crippen LogP contribution in [0.3, 0.4) is 0 Å². The number of hydrogen-bond acceptors (Lipinski definition) is 4. The molecule has 3 aromatic rings. The van der Waals surface area contributed by atoms with Crippen molar-refractivity contribution >= 4 is 58.1 Å². The predicted molar refractivity (Wildman–Crippen MR) is 151 cm³/mol. The third kappa shape index (κ3) is 5.77. The molecule has 0 saturated carbocycles. The second-order valence-electron chi connectivity index (χ2n) is 9.98. The fraction of sp³-hybridized carbons (Fsp3) is 0.286. The molecule has 0 spiro atoms. The van der Waals surface area contributed by atoms with E-state index in [0.29, 0.717) is 42.0 Å². The molecular weight excluding hydrogens is 579 g/mol. The molecule has 1 aromatic heterocycles. The maximum atomic E-state index is 14.7. The van der Waals surface area contributed by atoms with E-state index in [4.69, 9.17) is 33.3 Å². The van der Waals surface area contributed by atoms with Crippen LogP contribution in [0.1, 0.15) is 50.0 Å². The monoisotopic (exact) mass is 603 g/mol. The Morgan fingerprint density at radius 2 is 1.95 bits per heavy atom. The number of hydrogen-bond donors (Lipinski definition) is 4. The van der Waals surface area contributed by atoms with Gasteiger partial charge in [-0.2, -0.15) is 0 Å². The summed E-state index contributed by atoms with van der Waals surface area (Å²) in [6, 6.07) is 6.22. The number of imidazole rings is 1. The Hall–Kier alpha value is -3.96. The fourth-order valence-electron chi connectivity index (χ4n) is 5.19. The maximum absolute atomic E-state index is 14.7. The van der Waals surface area contributed by atoms with Crippen LogP contribution < -0.4 is 10.6 Å². The number of aromatic amines is 1. The average molecular weight is 604 g/mol. The highest BCUT2D eigenvalue weighted by molar-refractivity contribution is 6.32. The predicted octanol–water partition coefficient (Wildman–Crippen LogP) is 6.87. The molecule has 2 bridgehead atoms. The molecular formula is C28H25Cl2F2N5O4. The van der Waals surface area contributed by atoms with E-state index in [-0.39, 0.29) is 45.9 Å². The van der Waals surface area contributed by atoms with Crippen molar-refractivity contribution in [2.24, 2.45) is 5.92 Å². The third-order valence-corrected chi connectivity index (χ3v) is 7.85. The van der Waals surface area contributed by atoms with E-state index in [1.54, 1.807) is 17.9 Å². The number of rotatable bonds is 3. The van der Waals surface area contributed by atoms with Crippen molar-refractivity contribution in [2.75, 3.05) is 17.2 Å². The summed E-state index contributed by atoms with van der Waals surface area (Å²) in [5, 5.41) is 14.2. The van der Waals surface area contributed by atoms with Gasteiger partial charge in [0.15, 0.2) is 5.82 Å². The van der Waals surface area contributed by atoms with E-state index in [1.807, 2.05) is 0 Å². The highest BCUT2D eigenvalue weighted by Gasteiger charge is 2.33. The minimum Gasteiger partial charge on any atom is -0.465 e. The fourth-order valence-corrected chi connectivity index (χ4v) is 5.59. The van der Waals surface area contributed by atoms with Crippen molar-refractivity contribution < 1.29 is 28.3 Å². The Morgan fingerprint density at radius 1 is 1.17 bits per heavy atom. The Morgan fingerprint density at radius 3 is 2.68 bits per heavy atom. The second kappa shape index (κ2) is 11.5. The number of halogens is 4. The van der Waals surface area contributed by atoms with E-state index >= 15 is 0 Å². The Kier molecular flexibility index (Phi) is 8.01. The molecule has 2 aliphatic rings. The van der Waals surface area contributed by atoms with Gasteiger partial charge >= 0.3 is 6.09 Å². The zero-order chi connectivity index (χ0) is 29.4. The average Bonchev–Trinajstić information content (AvgIpc) is 3.29. The molecule has 5 rings (SSSR count). The Balaban J connectivity index is 1.53. The molecule has 4 N–H and O–H groups in total. The van der Waals surface area contributed by atoms with Crippen molar-refractivity contribution in [2.45, 2.75) is 38.6 Å². The van der Waals surface area contributed by atoms with Crippen molar-refractivity contribution in [3.05, 3.63) is 69.6 Å². The molecule has 13 heteroatoms. The quantitative estimate of drug-likeness (QED) is 0.243. The number of carboxylic acid groups (broad SMARTS) is 1. The minimum atomic E-state index is -1.26. The zero-order valence-corrected chi connectivity index (χ0v) is 23.2. The van der Waals surface area contributed by atoms with E-state index in [2.05, 4.69) is 15.6 Å². The van der Waals surface area contributed by atoms with Gasteiger partial charge in [-0.05, 0) is 55.2 Å². The molecule has 2 aliphatic heterocycles. The van der Waals surface area contributed by atoms with E-state index in [1.165, 1.54) is 18.2 Å². The van der Waals surface area contributed by atoms with E-state index in [0.717, 1.165) is 12.1 Å². The van der Waals surface area contributed by atoms with Crippen molar-refractivity contribution in [1.29, 1.82) is 0 Å². The lowest BCUT2D eigenvalue weighted by Gasteiger charge is -2.33. The van der Waals surface area contributed by atoms with Crippen LogP contribution >= 0.6 is 23.2 Å². The van der Waals surface area contributed by atoms with Gasteiger partial charge in [0, 0.05) is 29.8 Å². The van der Waals surface area contributed by atoms with Gasteiger partial charge in [0.05, 0.1) is 22.3 Å². The lowest BCUT2D eigenvalue weighted by molar-refractivity contribution is -0.129. The first-order chi connectivity index (χ1) is 19.5. The van der Waals surface area contributed by atoms with Gasteiger partial charge in [-0.25, -0.2) is 18.6 Å². The van der Waals surface area contributed by atoms with E-state index < -0.39 is 35.6 Å². The number of anilines is 2. The summed E-state index contributed by atoms with van der Waals surface area (Å²) in [6.07, 6.45) is 1.63. The van der Waals surface area contributed by atoms with Gasteiger partial charge in [-0.3, -0.25) is 14.9 Å². The van der Waals surface area contributed by atoms with Gasteiger partial charge in [0.2, 0.25) is 11.8 Å². The Labute approximate surface area is 243 Å². The lowest BCUT2D eigenvalue weighted by Crippen LogP contribution is -2.38. The van der Waals surface area contributed by atoms with Crippen LogP contribution in [0.4, 0.5) is 25.0 Å². The van der Waals surface area contributed by atoms with Crippen LogP contribution in [0, 0.1) is 17.6 Å². The van der Waals surface area contributed by atoms with Gasteiger partial charge < -0.3 is 20.3 Å². The minimum absolute atomic E-state index is 0.158. The van der Waals surface area contributed by atoms with Crippen LogP contribution in [0.2, 0.25) is 10.2 Å². The van der Waals surface area contributed by atoms with Gasteiger partial charge in [0.25, 0.3) is 0 Å². The van der Waals surface area contributed by atoms with E-state index in [9.17, 15) is 23.2 Å². The van der Waals surface area contributed by atoms with Crippen molar-refractivity contribution in [1.82, 2.24) is 14.9 Å².